The first-order chi connectivity index (χ1) is 9.83. The molecular formula is C16H16N2O2S. The maximum atomic E-state index is 12.5. The average molecular weight is 300 g/mol. The first-order valence-corrected chi connectivity index (χ1v) is 7.78. The van der Waals surface area contributed by atoms with Gasteiger partial charge in [-0.15, -0.1) is 6.42 Å². The van der Waals surface area contributed by atoms with Gasteiger partial charge >= 0.3 is 0 Å². The van der Waals surface area contributed by atoms with Gasteiger partial charge in [0, 0.05) is 11.3 Å². The number of nitrogens with two attached hydrogens (primary N) is 1. The highest BCUT2D eigenvalue weighted by atomic mass is 32.2. The Balaban J connectivity index is 2.46. The van der Waals surface area contributed by atoms with Crippen LogP contribution in [0.1, 0.15) is 16.7 Å². The van der Waals surface area contributed by atoms with Crippen LogP contribution in [0, 0.1) is 26.2 Å². The molecule has 2 aromatic rings. The molecule has 0 saturated carbocycles. The number of anilines is 2. The summed E-state index contributed by atoms with van der Waals surface area (Å²) in [5.74, 6) is 2.47. The van der Waals surface area contributed by atoms with E-state index in [0.717, 1.165) is 5.56 Å². The summed E-state index contributed by atoms with van der Waals surface area (Å²) in [7, 11) is -3.71. The van der Waals surface area contributed by atoms with Crippen LogP contribution in [0.25, 0.3) is 0 Å². The maximum Gasteiger partial charge on any atom is 0.262 e. The molecule has 0 aliphatic carbocycles. The average Bonchev–Trinajstić information content (AvgIpc) is 2.42. The zero-order chi connectivity index (χ0) is 15.6. The second kappa shape index (κ2) is 5.51. The normalized spacial score (nSPS) is 10.9. The van der Waals surface area contributed by atoms with Gasteiger partial charge in [0.1, 0.15) is 0 Å². The Morgan fingerprint density at radius 2 is 1.90 bits per heavy atom. The van der Waals surface area contributed by atoms with Crippen LogP contribution in [0.4, 0.5) is 11.4 Å². The van der Waals surface area contributed by atoms with Gasteiger partial charge in [-0.2, -0.15) is 0 Å². The van der Waals surface area contributed by atoms with Crippen LogP contribution in [-0.4, -0.2) is 8.42 Å². The number of terminal acetylenes is 1. The van der Waals surface area contributed by atoms with E-state index in [1.807, 2.05) is 6.92 Å². The summed E-state index contributed by atoms with van der Waals surface area (Å²) in [5.41, 5.74) is 8.68. The van der Waals surface area contributed by atoms with Crippen LogP contribution in [-0.2, 0) is 10.0 Å². The van der Waals surface area contributed by atoms with Gasteiger partial charge in [0.2, 0.25) is 0 Å². The molecular weight excluding hydrogens is 284 g/mol. The molecule has 0 amide bonds. The van der Waals surface area contributed by atoms with Crippen LogP contribution in [0.15, 0.2) is 41.3 Å². The number of hydrogen-bond donors (Lipinski definition) is 2. The van der Waals surface area contributed by atoms with Gasteiger partial charge in [-0.05, 0) is 55.3 Å². The number of hydrogen-bond acceptors (Lipinski definition) is 3. The summed E-state index contributed by atoms with van der Waals surface area (Å²) in [6.07, 6.45) is 5.31. The van der Waals surface area contributed by atoms with E-state index < -0.39 is 10.0 Å². The number of benzene rings is 2. The van der Waals surface area contributed by atoms with Crippen molar-refractivity contribution in [2.45, 2.75) is 18.7 Å². The fraction of sp³-hybridized carbons (Fsp3) is 0.125. The second-order valence-corrected chi connectivity index (χ2v) is 6.44. The van der Waals surface area contributed by atoms with Crippen molar-refractivity contribution in [2.75, 3.05) is 10.5 Å². The zero-order valence-electron chi connectivity index (χ0n) is 11.8. The molecule has 2 rings (SSSR count). The molecule has 2 aromatic carbocycles. The fourth-order valence-corrected chi connectivity index (χ4v) is 3.42. The molecule has 0 aliphatic rings. The van der Waals surface area contributed by atoms with Gasteiger partial charge in [-0.1, -0.05) is 12.0 Å². The van der Waals surface area contributed by atoms with E-state index in [2.05, 4.69) is 10.6 Å². The first kappa shape index (κ1) is 14.9. The topological polar surface area (TPSA) is 72.2 Å². The molecule has 0 spiro atoms. The lowest BCUT2D eigenvalue weighted by Crippen LogP contribution is -2.15. The molecule has 4 nitrogen and oxygen atoms in total. The molecule has 0 atom stereocenters. The molecule has 5 heteroatoms. The predicted octanol–water partition coefficient (Wildman–Crippen LogP) is 2.67. The lowest BCUT2D eigenvalue weighted by Gasteiger charge is -2.13. The minimum absolute atomic E-state index is 0.172. The van der Waals surface area contributed by atoms with Crippen molar-refractivity contribution in [1.29, 1.82) is 0 Å². The zero-order valence-corrected chi connectivity index (χ0v) is 12.7. The van der Waals surface area contributed by atoms with Crippen molar-refractivity contribution in [3.63, 3.8) is 0 Å². The van der Waals surface area contributed by atoms with Crippen molar-refractivity contribution < 1.29 is 8.42 Å². The van der Waals surface area contributed by atoms with Gasteiger partial charge in [-0.3, -0.25) is 4.72 Å². The quantitative estimate of drug-likeness (QED) is 0.676. The maximum absolute atomic E-state index is 12.5. The van der Waals surface area contributed by atoms with E-state index >= 15 is 0 Å². The Morgan fingerprint density at radius 3 is 2.57 bits per heavy atom. The summed E-state index contributed by atoms with van der Waals surface area (Å²) in [5, 5.41) is 0. The van der Waals surface area contributed by atoms with Gasteiger partial charge in [0.15, 0.2) is 0 Å². The van der Waals surface area contributed by atoms with Crippen molar-refractivity contribution in [3.05, 3.63) is 53.1 Å². The van der Waals surface area contributed by atoms with Crippen LogP contribution < -0.4 is 10.5 Å². The Labute approximate surface area is 125 Å². The number of aryl methyl sites for hydroxylation is 1. The van der Waals surface area contributed by atoms with Crippen molar-refractivity contribution in [3.8, 4) is 12.3 Å². The minimum Gasteiger partial charge on any atom is -0.399 e. The molecule has 0 heterocycles. The summed E-state index contributed by atoms with van der Waals surface area (Å²) in [6.45, 7) is 3.57. The lowest BCUT2D eigenvalue weighted by molar-refractivity contribution is 0.600. The third-order valence-electron chi connectivity index (χ3n) is 3.21. The smallest absolute Gasteiger partial charge is 0.262 e. The molecule has 0 aromatic heterocycles. The Bertz CT molecular complexity index is 834. The van der Waals surface area contributed by atoms with Gasteiger partial charge in [0.25, 0.3) is 10.0 Å². The molecule has 0 aliphatic heterocycles. The summed E-state index contributed by atoms with van der Waals surface area (Å²) >= 11 is 0. The summed E-state index contributed by atoms with van der Waals surface area (Å²) in [4.78, 5) is 0.172. The predicted molar refractivity (Wildman–Crippen MR) is 85.5 cm³/mol. The van der Waals surface area contributed by atoms with Crippen LogP contribution in [0.5, 0.6) is 0 Å². The second-order valence-electron chi connectivity index (χ2n) is 4.79. The third kappa shape index (κ3) is 3.18. The van der Waals surface area contributed by atoms with E-state index in [0.29, 0.717) is 22.5 Å². The monoisotopic (exact) mass is 300 g/mol. The molecule has 3 N–H and O–H groups in total. The minimum atomic E-state index is -3.71. The van der Waals surface area contributed by atoms with Crippen molar-refractivity contribution >= 4 is 21.4 Å². The molecule has 21 heavy (non-hydrogen) atoms. The largest absolute Gasteiger partial charge is 0.399 e. The highest BCUT2D eigenvalue weighted by Gasteiger charge is 2.18. The van der Waals surface area contributed by atoms with Crippen LogP contribution in [0.2, 0.25) is 0 Å². The molecule has 108 valence electrons. The number of nitrogens with one attached hydrogen (secondary N) is 1. The standard InChI is InChI=1S/C16H16N2O2S/c1-4-13-6-5-7-15(9-13)18-21(19,20)16-10-14(17)8-11(2)12(16)3/h1,5-10,18H,17H2,2-3H3. The van der Waals surface area contributed by atoms with Gasteiger partial charge in [0.05, 0.1) is 10.6 Å². The SMILES string of the molecule is C#Cc1cccc(NS(=O)(=O)c2cc(N)cc(C)c2C)c1. The van der Waals surface area contributed by atoms with E-state index in [1.54, 1.807) is 37.3 Å². The lowest BCUT2D eigenvalue weighted by atomic mass is 10.1. The van der Waals surface area contributed by atoms with E-state index in [1.165, 1.54) is 6.07 Å². The Kier molecular flexibility index (Phi) is 3.92. The van der Waals surface area contributed by atoms with Crippen molar-refractivity contribution in [1.82, 2.24) is 0 Å². The van der Waals surface area contributed by atoms with E-state index in [4.69, 9.17) is 12.2 Å². The van der Waals surface area contributed by atoms with Crippen molar-refractivity contribution in [2.24, 2.45) is 0 Å². The summed E-state index contributed by atoms with van der Waals surface area (Å²) in [6, 6.07) is 9.88. The highest BCUT2D eigenvalue weighted by Crippen LogP contribution is 2.24. The number of nitrogen functional groups attached to an aromatic ring is 1. The molecule has 0 fully saturated rings. The first-order valence-electron chi connectivity index (χ1n) is 6.29. The van der Waals surface area contributed by atoms with Crippen LogP contribution in [0.3, 0.4) is 0 Å². The van der Waals surface area contributed by atoms with Crippen LogP contribution >= 0.6 is 0 Å². The highest BCUT2D eigenvalue weighted by molar-refractivity contribution is 7.92. The number of sulfonamides is 1. The van der Waals surface area contributed by atoms with Gasteiger partial charge < -0.3 is 5.73 Å². The molecule has 0 radical (unpaired) electrons. The molecule has 0 unspecified atom stereocenters. The Hall–Kier alpha value is -2.45. The fourth-order valence-electron chi connectivity index (χ4n) is 2.02. The van der Waals surface area contributed by atoms with E-state index in [-0.39, 0.29) is 4.90 Å². The van der Waals surface area contributed by atoms with E-state index in [9.17, 15) is 8.42 Å². The molecule has 0 bridgehead atoms. The van der Waals surface area contributed by atoms with Gasteiger partial charge in [-0.25, -0.2) is 8.42 Å². The number of rotatable bonds is 3. The summed E-state index contributed by atoms with van der Waals surface area (Å²) < 4.78 is 27.5. The molecule has 0 saturated heterocycles. The third-order valence-corrected chi connectivity index (χ3v) is 4.72. The Morgan fingerprint density at radius 1 is 1.19 bits per heavy atom.